The topological polar surface area (TPSA) is 24.1 Å². The van der Waals surface area contributed by atoms with E-state index >= 15 is 0 Å². The first-order chi connectivity index (χ1) is 7.38. The van der Waals surface area contributed by atoms with Crippen molar-refractivity contribution in [2.24, 2.45) is 0 Å². The van der Waals surface area contributed by atoms with Crippen LogP contribution in [0.2, 0.25) is 0 Å². The summed E-state index contributed by atoms with van der Waals surface area (Å²) in [5.74, 6) is 0. The lowest BCUT2D eigenvalue weighted by Crippen LogP contribution is -2.26. The molecule has 0 aliphatic rings. The molecule has 0 aromatic heterocycles. The van der Waals surface area contributed by atoms with Gasteiger partial charge in [-0.2, -0.15) is 0 Å². The van der Waals surface area contributed by atoms with Crippen LogP contribution in [-0.4, -0.2) is 25.9 Å². The summed E-state index contributed by atoms with van der Waals surface area (Å²) in [5.41, 5.74) is 1.39. The first-order valence-corrected chi connectivity index (χ1v) is 6.64. The Hall–Kier alpha value is -0.510. The lowest BCUT2D eigenvalue weighted by atomic mass is 10.2. The van der Waals surface area contributed by atoms with E-state index in [0.717, 1.165) is 26.2 Å². The molecular formula is C12H20N2S. The van der Waals surface area contributed by atoms with E-state index in [0.29, 0.717) is 0 Å². The lowest BCUT2D eigenvalue weighted by molar-refractivity contribution is 0.622. The van der Waals surface area contributed by atoms with Crippen molar-refractivity contribution >= 4 is 11.8 Å². The van der Waals surface area contributed by atoms with Crippen LogP contribution in [0.15, 0.2) is 29.2 Å². The third kappa shape index (κ3) is 4.69. The summed E-state index contributed by atoms with van der Waals surface area (Å²) in [6.07, 6.45) is 2.12. The molecular weight excluding hydrogens is 204 g/mol. The lowest BCUT2D eigenvalue weighted by Gasteiger charge is -2.08. The van der Waals surface area contributed by atoms with E-state index in [-0.39, 0.29) is 0 Å². The zero-order valence-corrected chi connectivity index (χ0v) is 10.4. The maximum atomic E-state index is 3.44. The Morgan fingerprint density at radius 3 is 2.60 bits per heavy atom. The predicted octanol–water partition coefficient (Wildman–Crippen LogP) is 2.11. The highest BCUT2D eigenvalue weighted by Crippen LogP contribution is 2.19. The summed E-state index contributed by atoms with van der Waals surface area (Å²) in [4.78, 5) is 1.37. The summed E-state index contributed by atoms with van der Waals surface area (Å²) in [7, 11) is 0. The van der Waals surface area contributed by atoms with Crippen molar-refractivity contribution in [2.75, 3.05) is 25.9 Å². The molecule has 0 atom stereocenters. The van der Waals surface area contributed by atoms with Gasteiger partial charge in [-0.3, -0.25) is 0 Å². The molecule has 0 heterocycles. The van der Waals surface area contributed by atoms with Crippen molar-refractivity contribution < 1.29 is 0 Å². The molecule has 1 aromatic rings. The Morgan fingerprint density at radius 2 is 1.87 bits per heavy atom. The van der Waals surface area contributed by atoms with Gasteiger partial charge in [0, 0.05) is 24.5 Å². The first-order valence-electron chi connectivity index (χ1n) is 5.41. The normalized spacial score (nSPS) is 10.5. The van der Waals surface area contributed by atoms with Crippen molar-refractivity contribution in [2.45, 2.75) is 18.4 Å². The van der Waals surface area contributed by atoms with Gasteiger partial charge in [0.15, 0.2) is 0 Å². The van der Waals surface area contributed by atoms with Crippen molar-refractivity contribution in [3.8, 4) is 0 Å². The molecule has 1 rings (SSSR count). The third-order valence-electron chi connectivity index (χ3n) is 2.24. The van der Waals surface area contributed by atoms with Crippen LogP contribution in [-0.2, 0) is 6.54 Å². The second-order valence-electron chi connectivity index (χ2n) is 3.34. The second kappa shape index (κ2) is 7.74. The van der Waals surface area contributed by atoms with E-state index in [9.17, 15) is 0 Å². The molecule has 0 radical (unpaired) electrons. The average molecular weight is 224 g/mol. The molecule has 1 aromatic carbocycles. The zero-order valence-electron chi connectivity index (χ0n) is 9.55. The molecule has 0 aliphatic heterocycles. The maximum Gasteiger partial charge on any atom is 0.0217 e. The molecule has 0 aliphatic carbocycles. The fourth-order valence-corrected chi connectivity index (χ4v) is 2.04. The molecule has 0 fully saturated rings. The average Bonchev–Trinajstić information content (AvgIpc) is 2.29. The maximum absolute atomic E-state index is 3.44. The van der Waals surface area contributed by atoms with Crippen LogP contribution < -0.4 is 10.6 Å². The third-order valence-corrected chi connectivity index (χ3v) is 3.07. The van der Waals surface area contributed by atoms with E-state index in [1.807, 2.05) is 11.8 Å². The van der Waals surface area contributed by atoms with Gasteiger partial charge in [-0.1, -0.05) is 25.1 Å². The van der Waals surface area contributed by atoms with Crippen LogP contribution in [0.3, 0.4) is 0 Å². The van der Waals surface area contributed by atoms with Gasteiger partial charge < -0.3 is 10.6 Å². The van der Waals surface area contributed by atoms with Crippen molar-refractivity contribution in [1.82, 2.24) is 10.6 Å². The van der Waals surface area contributed by atoms with Crippen LogP contribution in [0.4, 0.5) is 0 Å². The quantitative estimate of drug-likeness (QED) is 0.548. The van der Waals surface area contributed by atoms with Gasteiger partial charge in [0.2, 0.25) is 0 Å². The van der Waals surface area contributed by atoms with Crippen LogP contribution in [0.1, 0.15) is 12.5 Å². The molecule has 2 nitrogen and oxygen atoms in total. The van der Waals surface area contributed by atoms with E-state index in [4.69, 9.17) is 0 Å². The van der Waals surface area contributed by atoms with E-state index < -0.39 is 0 Å². The van der Waals surface area contributed by atoms with E-state index in [2.05, 4.69) is 48.1 Å². The van der Waals surface area contributed by atoms with Crippen LogP contribution in [0.25, 0.3) is 0 Å². The molecule has 0 amide bonds. The minimum Gasteiger partial charge on any atom is -0.316 e. The summed E-state index contributed by atoms with van der Waals surface area (Å²) < 4.78 is 0. The molecule has 0 unspecified atom stereocenters. The Kier molecular flexibility index (Phi) is 6.48. The van der Waals surface area contributed by atoms with Gasteiger partial charge in [0.1, 0.15) is 0 Å². The summed E-state index contributed by atoms with van der Waals surface area (Å²) in [6, 6.07) is 8.55. The summed E-state index contributed by atoms with van der Waals surface area (Å²) in [6.45, 7) is 6.20. The van der Waals surface area contributed by atoms with E-state index in [1.165, 1.54) is 10.5 Å². The van der Waals surface area contributed by atoms with Crippen molar-refractivity contribution in [1.29, 1.82) is 0 Å². The number of likely N-dealkylation sites (N-methyl/N-ethyl adjacent to an activating group) is 1. The summed E-state index contributed by atoms with van der Waals surface area (Å²) >= 11 is 1.81. The Balaban J connectivity index is 2.30. The monoisotopic (exact) mass is 224 g/mol. The SMILES string of the molecule is CCNCCNCc1ccccc1SC. The van der Waals surface area contributed by atoms with E-state index in [1.54, 1.807) is 0 Å². The molecule has 15 heavy (non-hydrogen) atoms. The fraction of sp³-hybridized carbons (Fsp3) is 0.500. The van der Waals surface area contributed by atoms with Gasteiger partial charge in [0.05, 0.1) is 0 Å². The van der Waals surface area contributed by atoms with Crippen LogP contribution in [0, 0.1) is 0 Å². The van der Waals surface area contributed by atoms with Crippen LogP contribution >= 0.6 is 11.8 Å². The number of thioether (sulfide) groups is 1. The molecule has 0 saturated heterocycles. The Labute approximate surface area is 96.8 Å². The summed E-state index contributed by atoms with van der Waals surface area (Å²) in [5, 5.41) is 6.73. The second-order valence-corrected chi connectivity index (χ2v) is 4.19. The van der Waals surface area contributed by atoms with Gasteiger partial charge in [-0.05, 0) is 24.4 Å². The molecule has 0 bridgehead atoms. The number of benzene rings is 1. The van der Waals surface area contributed by atoms with Gasteiger partial charge >= 0.3 is 0 Å². The highest BCUT2D eigenvalue weighted by molar-refractivity contribution is 7.98. The van der Waals surface area contributed by atoms with Gasteiger partial charge in [-0.15, -0.1) is 11.8 Å². The van der Waals surface area contributed by atoms with Gasteiger partial charge in [0.25, 0.3) is 0 Å². The largest absolute Gasteiger partial charge is 0.316 e. The Bertz CT molecular complexity index is 276. The number of hydrogen-bond donors (Lipinski definition) is 2. The Morgan fingerprint density at radius 1 is 1.13 bits per heavy atom. The number of rotatable bonds is 7. The van der Waals surface area contributed by atoms with Crippen molar-refractivity contribution in [3.05, 3.63) is 29.8 Å². The fourth-order valence-electron chi connectivity index (χ4n) is 1.43. The number of nitrogens with one attached hydrogen (secondary N) is 2. The highest BCUT2D eigenvalue weighted by atomic mass is 32.2. The van der Waals surface area contributed by atoms with Crippen molar-refractivity contribution in [3.63, 3.8) is 0 Å². The molecule has 0 spiro atoms. The predicted molar refractivity (Wildman–Crippen MR) is 68.5 cm³/mol. The number of hydrogen-bond acceptors (Lipinski definition) is 3. The molecule has 0 saturated carbocycles. The molecule has 3 heteroatoms. The zero-order chi connectivity index (χ0) is 10.9. The first kappa shape index (κ1) is 12.6. The molecule has 84 valence electrons. The standard InChI is InChI=1S/C12H20N2S/c1-3-13-8-9-14-10-11-6-4-5-7-12(11)15-2/h4-7,13-14H,3,8-10H2,1-2H3. The van der Waals surface area contributed by atoms with Gasteiger partial charge in [-0.25, -0.2) is 0 Å². The minimum atomic E-state index is 0.961. The van der Waals surface area contributed by atoms with Crippen LogP contribution in [0.5, 0.6) is 0 Å². The highest BCUT2D eigenvalue weighted by Gasteiger charge is 1.98. The smallest absolute Gasteiger partial charge is 0.0217 e. The minimum absolute atomic E-state index is 0.961. The molecule has 2 N–H and O–H groups in total.